The number of ether oxygens (including phenoxy) is 1. The van der Waals surface area contributed by atoms with Gasteiger partial charge in [-0.25, -0.2) is 4.79 Å². The van der Waals surface area contributed by atoms with E-state index in [9.17, 15) is 9.90 Å². The van der Waals surface area contributed by atoms with Crippen molar-refractivity contribution in [2.24, 2.45) is 5.10 Å². The number of methoxy groups -OCH3 is 1. The van der Waals surface area contributed by atoms with Crippen LogP contribution in [0.2, 0.25) is 0 Å². The lowest BCUT2D eigenvalue weighted by Gasteiger charge is -2.13. The Kier molecular flexibility index (Phi) is 4.94. The van der Waals surface area contributed by atoms with Crippen LogP contribution in [0.4, 0.5) is 4.79 Å². The lowest BCUT2D eigenvalue weighted by Crippen LogP contribution is -2.23. The molecule has 0 aliphatic heterocycles. The first kappa shape index (κ1) is 15.1. The summed E-state index contributed by atoms with van der Waals surface area (Å²) in [7, 11) is 1.59. The van der Waals surface area contributed by atoms with E-state index in [1.807, 2.05) is 30.5 Å². The summed E-state index contributed by atoms with van der Waals surface area (Å²) in [6, 6.07) is 9.20. The molecule has 5 nitrogen and oxygen atoms in total. The molecular weight excluding hydrogens is 288 g/mol. The molecule has 110 valence electrons. The van der Waals surface area contributed by atoms with E-state index in [2.05, 4.69) is 5.10 Å². The van der Waals surface area contributed by atoms with Crippen molar-refractivity contribution in [1.29, 1.82) is 0 Å². The van der Waals surface area contributed by atoms with Gasteiger partial charge >= 0.3 is 6.09 Å². The topological polar surface area (TPSA) is 62.1 Å². The molecule has 0 fully saturated rings. The largest absolute Gasteiger partial charge is 0.497 e. The van der Waals surface area contributed by atoms with Gasteiger partial charge in [-0.2, -0.15) is 10.1 Å². The highest BCUT2D eigenvalue weighted by atomic mass is 32.1. The van der Waals surface area contributed by atoms with Gasteiger partial charge in [0.25, 0.3) is 0 Å². The molecule has 2 rings (SSSR count). The lowest BCUT2D eigenvalue weighted by atomic mass is 10.2. The fourth-order valence-corrected chi connectivity index (χ4v) is 2.48. The van der Waals surface area contributed by atoms with Crippen molar-refractivity contribution in [3.8, 4) is 5.75 Å². The van der Waals surface area contributed by atoms with E-state index in [4.69, 9.17) is 4.74 Å². The van der Waals surface area contributed by atoms with Crippen molar-refractivity contribution in [2.75, 3.05) is 7.11 Å². The second-order valence-electron chi connectivity index (χ2n) is 4.40. The van der Waals surface area contributed by atoms with Crippen molar-refractivity contribution < 1.29 is 14.6 Å². The predicted molar refractivity (Wildman–Crippen MR) is 83.2 cm³/mol. The Balaban J connectivity index is 2.10. The highest BCUT2D eigenvalue weighted by Crippen LogP contribution is 2.15. The van der Waals surface area contributed by atoms with E-state index in [1.165, 1.54) is 11.3 Å². The Morgan fingerprint density at radius 1 is 1.38 bits per heavy atom. The van der Waals surface area contributed by atoms with Crippen LogP contribution in [0, 0.1) is 6.92 Å². The number of hydrogen-bond donors (Lipinski definition) is 1. The fourth-order valence-electron chi connectivity index (χ4n) is 1.70. The average Bonchev–Trinajstić information content (AvgIpc) is 2.89. The Labute approximate surface area is 127 Å². The quantitative estimate of drug-likeness (QED) is 0.678. The normalized spacial score (nSPS) is 10.8. The summed E-state index contributed by atoms with van der Waals surface area (Å²) in [6.45, 7) is 2.16. The van der Waals surface area contributed by atoms with Gasteiger partial charge in [0.15, 0.2) is 0 Å². The molecule has 6 heteroatoms. The zero-order valence-corrected chi connectivity index (χ0v) is 12.6. The molecule has 1 heterocycles. The molecule has 1 aromatic heterocycles. The van der Waals surface area contributed by atoms with E-state index >= 15 is 0 Å². The monoisotopic (exact) mass is 304 g/mol. The summed E-state index contributed by atoms with van der Waals surface area (Å²) in [5.41, 5.74) is 1.93. The third kappa shape index (κ3) is 4.06. The Morgan fingerprint density at radius 3 is 2.62 bits per heavy atom. The predicted octanol–water partition coefficient (Wildman–Crippen LogP) is 3.58. The maximum absolute atomic E-state index is 11.3. The third-order valence-corrected chi connectivity index (χ3v) is 3.88. The standard InChI is InChI=1S/C15H16N2O3S/c1-11-7-8-21-14(11)9-16-17(15(18)19)10-12-3-5-13(20-2)6-4-12/h3-9H,10H2,1-2H3,(H,18,19)/b16-9-. The van der Waals surface area contributed by atoms with E-state index < -0.39 is 6.09 Å². The first-order chi connectivity index (χ1) is 10.1. The van der Waals surface area contributed by atoms with Gasteiger partial charge in [0, 0.05) is 4.88 Å². The van der Waals surface area contributed by atoms with Crippen LogP contribution in [0.5, 0.6) is 5.75 Å². The molecule has 2 aromatic rings. The molecule has 0 spiro atoms. The first-order valence-corrected chi connectivity index (χ1v) is 7.19. The van der Waals surface area contributed by atoms with E-state index in [0.29, 0.717) is 0 Å². The van der Waals surface area contributed by atoms with Crippen molar-refractivity contribution >= 4 is 23.6 Å². The number of hydrazone groups is 1. The number of amides is 1. The Bertz CT molecular complexity index is 635. The molecule has 1 N–H and O–H groups in total. The molecule has 0 unspecified atom stereocenters. The van der Waals surface area contributed by atoms with E-state index in [-0.39, 0.29) is 6.54 Å². The lowest BCUT2D eigenvalue weighted by molar-refractivity contribution is 0.144. The number of aryl methyl sites for hydroxylation is 1. The molecule has 0 atom stereocenters. The van der Waals surface area contributed by atoms with Crippen molar-refractivity contribution in [1.82, 2.24) is 5.01 Å². The summed E-state index contributed by atoms with van der Waals surface area (Å²) >= 11 is 1.53. The SMILES string of the molecule is COc1ccc(CN(/N=C\c2sccc2C)C(=O)O)cc1. The van der Waals surface area contributed by atoms with Gasteiger partial charge in [-0.3, -0.25) is 0 Å². The van der Waals surface area contributed by atoms with Crippen LogP contribution in [-0.4, -0.2) is 29.5 Å². The molecule has 21 heavy (non-hydrogen) atoms. The molecule has 0 bridgehead atoms. The number of thiophene rings is 1. The van der Waals surface area contributed by atoms with Crippen LogP contribution in [0.25, 0.3) is 0 Å². The molecule has 0 saturated heterocycles. The third-order valence-electron chi connectivity index (χ3n) is 2.93. The van der Waals surface area contributed by atoms with Gasteiger partial charge in [-0.1, -0.05) is 12.1 Å². The highest BCUT2D eigenvalue weighted by molar-refractivity contribution is 7.11. The summed E-state index contributed by atoms with van der Waals surface area (Å²) < 4.78 is 5.07. The zero-order chi connectivity index (χ0) is 15.2. The fraction of sp³-hybridized carbons (Fsp3) is 0.200. The van der Waals surface area contributed by atoms with Crippen molar-refractivity contribution in [3.63, 3.8) is 0 Å². The number of nitrogens with zero attached hydrogens (tertiary/aromatic N) is 2. The second-order valence-corrected chi connectivity index (χ2v) is 5.35. The molecule has 1 aromatic carbocycles. The zero-order valence-electron chi connectivity index (χ0n) is 11.8. The highest BCUT2D eigenvalue weighted by Gasteiger charge is 2.11. The van der Waals surface area contributed by atoms with Gasteiger partial charge < -0.3 is 9.84 Å². The summed E-state index contributed by atoms with van der Waals surface area (Å²) in [6.07, 6.45) is 0.494. The number of benzene rings is 1. The Morgan fingerprint density at radius 2 is 2.10 bits per heavy atom. The molecule has 0 radical (unpaired) electrons. The van der Waals surface area contributed by atoms with Gasteiger partial charge in [0.1, 0.15) is 5.75 Å². The van der Waals surface area contributed by atoms with Crippen molar-refractivity contribution in [3.05, 3.63) is 51.7 Å². The number of hydrogen-bond acceptors (Lipinski definition) is 4. The minimum absolute atomic E-state index is 0.195. The first-order valence-electron chi connectivity index (χ1n) is 6.31. The smallest absolute Gasteiger partial charge is 0.428 e. The summed E-state index contributed by atoms with van der Waals surface area (Å²) in [4.78, 5) is 12.2. The molecule has 0 saturated carbocycles. The number of carbonyl (C=O) groups is 1. The minimum atomic E-state index is -1.09. The van der Waals surface area contributed by atoms with E-state index in [1.54, 1.807) is 25.5 Å². The van der Waals surface area contributed by atoms with Crippen LogP contribution in [0.3, 0.4) is 0 Å². The average molecular weight is 304 g/mol. The molecule has 1 amide bonds. The summed E-state index contributed by atoms with van der Waals surface area (Å²) in [5.74, 6) is 0.735. The van der Waals surface area contributed by atoms with Gasteiger partial charge in [0.05, 0.1) is 19.9 Å². The second kappa shape index (κ2) is 6.90. The van der Waals surface area contributed by atoms with E-state index in [0.717, 1.165) is 26.8 Å². The van der Waals surface area contributed by atoms with Crippen LogP contribution >= 0.6 is 11.3 Å². The number of carboxylic acid groups (broad SMARTS) is 1. The Hall–Kier alpha value is -2.34. The van der Waals surface area contributed by atoms with Gasteiger partial charge in [-0.05, 0) is 41.6 Å². The minimum Gasteiger partial charge on any atom is -0.497 e. The maximum atomic E-state index is 11.3. The van der Waals surface area contributed by atoms with Gasteiger partial charge in [0.2, 0.25) is 0 Å². The van der Waals surface area contributed by atoms with Crippen LogP contribution in [0.15, 0.2) is 40.8 Å². The molecule has 0 aliphatic carbocycles. The van der Waals surface area contributed by atoms with Crippen LogP contribution < -0.4 is 4.74 Å². The van der Waals surface area contributed by atoms with Crippen LogP contribution in [0.1, 0.15) is 16.0 Å². The number of rotatable bonds is 5. The van der Waals surface area contributed by atoms with Crippen molar-refractivity contribution in [2.45, 2.75) is 13.5 Å². The van der Waals surface area contributed by atoms with Crippen LogP contribution in [-0.2, 0) is 6.54 Å². The maximum Gasteiger partial charge on any atom is 0.428 e. The molecular formula is C15H16N2O3S. The van der Waals surface area contributed by atoms with Gasteiger partial charge in [-0.15, -0.1) is 11.3 Å². The molecule has 0 aliphatic rings. The summed E-state index contributed by atoms with van der Waals surface area (Å²) in [5, 5.41) is 16.2.